The molecule has 0 fully saturated rings. The van der Waals surface area contributed by atoms with Crippen molar-refractivity contribution in [3.8, 4) is 11.5 Å². The van der Waals surface area contributed by atoms with Crippen LogP contribution in [0.25, 0.3) is 0 Å². The summed E-state index contributed by atoms with van der Waals surface area (Å²) < 4.78 is 11.2. The summed E-state index contributed by atoms with van der Waals surface area (Å²) in [5.41, 5.74) is 6.51. The van der Waals surface area contributed by atoms with Crippen molar-refractivity contribution >= 4 is 5.91 Å². The quantitative estimate of drug-likeness (QED) is 0.783. The molecule has 1 amide bonds. The SMILES string of the molecule is CCCOc1ccc(CN)c(OC(C)C(=O)NC)c1. The molecule has 19 heavy (non-hydrogen) atoms. The van der Waals surface area contributed by atoms with Crippen molar-refractivity contribution in [2.45, 2.75) is 32.9 Å². The van der Waals surface area contributed by atoms with Crippen molar-refractivity contribution in [3.05, 3.63) is 23.8 Å². The van der Waals surface area contributed by atoms with Gasteiger partial charge in [-0.3, -0.25) is 4.79 Å². The van der Waals surface area contributed by atoms with Crippen molar-refractivity contribution in [3.63, 3.8) is 0 Å². The highest BCUT2D eigenvalue weighted by Crippen LogP contribution is 2.25. The molecular weight excluding hydrogens is 244 g/mol. The maximum Gasteiger partial charge on any atom is 0.260 e. The third kappa shape index (κ3) is 4.44. The van der Waals surface area contributed by atoms with Crippen LogP contribution in [0.2, 0.25) is 0 Å². The number of benzene rings is 1. The van der Waals surface area contributed by atoms with Crippen LogP contribution in [0, 0.1) is 0 Å². The Bertz CT molecular complexity index is 421. The van der Waals surface area contributed by atoms with Crippen LogP contribution >= 0.6 is 0 Å². The maximum absolute atomic E-state index is 11.5. The van der Waals surface area contributed by atoms with E-state index in [4.69, 9.17) is 15.2 Å². The molecule has 0 radical (unpaired) electrons. The molecule has 0 saturated carbocycles. The number of carbonyl (C=O) groups is 1. The van der Waals surface area contributed by atoms with E-state index >= 15 is 0 Å². The number of ether oxygens (including phenoxy) is 2. The highest BCUT2D eigenvalue weighted by atomic mass is 16.5. The van der Waals surface area contributed by atoms with Gasteiger partial charge in [0, 0.05) is 25.2 Å². The van der Waals surface area contributed by atoms with E-state index in [2.05, 4.69) is 5.32 Å². The summed E-state index contributed by atoms with van der Waals surface area (Å²) >= 11 is 0. The van der Waals surface area contributed by atoms with Gasteiger partial charge in [0.1, 0.15) is 11.5 Å². The third-order valence-electron chi connectivity index (χ3n) is 2.65. The summed E-state index contributed by atoms with van der Waals surface area (Å²) in [7, 11) is 1.58. The lowest BCUT2D eigenvalue weighted by molar-refractivity contribution is -0.126. The van der Waals surface area contributed by atoms with Crippen LogP contribution in [0.1, 0.15) is 25.8 Å². The predicted molar refractivity (Wildman–Crippen MR) is 74.3 cm³/mol. The Morgan fingerprint density at radius 2 is 2.21 bits per heavy atom. The summed E-state index contributed by atoms with van der Waals surface area (Å²) in [4.78, 5) is 11.5. The van der Waals surface area contributed by atoms with Crippen molar-refractivity contribution in [2.24, 2.45) is 5.73 Å². The van der Waals surface area contributed by atoms with Crippen molar-refractivity contribution in [1.29, 1.82) is 0 Å². The molecule has 1 atom stereocenters. The lowest BCUT2D eigenvalue weighted by Crippen LogP contribution is -2.34. The molecule has 0 heterocycles. The van der Waals surface area contributed by atoms with E-state index in [9.17, 15) is 4.79 Å². The predicted octanol–water partition coefficient (Wildman–Crippen LogP) is 1.45. The van der Waals surface area contributed by atoms with E-state index in [0.717, 1.165) is 17.7 Å². The Kier molecular flexibility index (Phi) is 6.15. The summed E-state index contributed by atoms with van der Waals surface area (Å²) in [6.07, 6.45) is 0.362. The fourth-order valence-corrected chi connectivity index (χ4v) is 1.57. The minimum Gasteiger partial charge on any atom is -0.493 e. The number of likely N-dealkylation sites (N-methyl/N-ethyl adjacent to an activating group) is 1. The second-order valence-electron chi connectivity index (χ2n) is 4.20. The first-order valence-electron chi connectivity index (χ1n) is 6.46. The molecule has 5 nitrogen and oxygen atoms in total. The molecule has 0 aliphatic carbocycles. The standard InChI is InChI=1S/C14H22N2O3/c1-4-7-18-12-6-5-11(9-15)13(8-12)19-10(2)14(17)16-3/h5-6,8,10H,4,7,9,15H2,1-3H3,(H,16,17). The van der Waals surface area contributed by atoms with Gasteiger partial charge in [0.15, 0.2) is 6.10 Å². The Balaban J connectivity index is 2.86. The summed E-state index contributed by atoms with van der Waals surface area (Å²) in [5.74, 6) is 1.13. The lowest BCUT2D eigenvalue weighted by atomic mass is 10.2. The van der Waals surface area contributed by atoms with E-state index < -0.39 is 6.10 Å². The fraction of sp³-hybridized carbons (Fsp3) is 0.500. The number of nitrogens with one attached hydrogen (secondary N) is 1. The van der Waals surface area contributed by atoms with Gasteiger partial charge in [-0.05, 0) is 19.4 Å². The van der Waals surface area contributed by atoms with Gasteiger partial charge in [0.05, 0.1) is 6.61 Å². The normalized spacial score (nSPS) is 11.8. The van der Waals surface area contributed by atoms with Gasteiger partial charge in [-0.2, -0.15) is 0 Å². The number of nitrogens with two attached hydrogens (primary N) is 1. The Morgan fingerprint density at radius 1 is 1.47 bits per heavy atom. The van der Waals surface area contributed by atoms with Crippen LogP contribution in [0.5, 0.6) is 11.5 Å². The molecule has 3 N–H and O–H groups in total. The van der Waals surface area contributed by atoms with E-state index in [1.54, 1.807) is 20.0 Å². The first kappa shape index (κ1) is 15.3. The highest BCUT2D eigenvalue weighted by molar-refractivity contribution is 5.80. The number of amides is 1. The average Bonchev–Trinajstić information content (AvgIpc) is 2.44. The van der Waals surface area contributed by atoms with Gasteiger partial charge in [-0.25, -0.2) is 0 Å². The first-order chi connectivity index (χ1) is 9.12. The van der Waals surface area contributed by atoms with Gasteiger partial charge in [-0.15, -0.1) is 0 Å². The van der Waals surface area contributed by atoms with Crippen molar-refractivity contribution in [1.82, 2.24) is 5.32 Å². The van der Waals surface area contributed by atoms with Gasteiger partial charge in [0.25, 0.3) is 5.91 Å². The number of carbonyl (C=O) groups excluding carboxylic acids is 1. The second-order valence-corrected chi connectivity index (χ2v) is 4.20. The van der Waals surface area contributed by atoms with Crippen LogP contribution in [0.15, 0.2) is 18.2 Å². The lowest BCUT2D eigenvalue weighted by Gasteiger charge is -2.17. The van der Waals surface area contributed by atoms with Gasteiger partial charge in [0.2, 0.25) is 0 Å². The zero-order chi connectivity index (χ0) is 14.3. The van der Waals surface area contributed by atoms with Crippen molar-refractivity contribution in [2.75, 3.05) is 13.7 Å². The van der Waals surface area contributed by atoms with Crippen molar-refractivity contribution < 1.29 is 14.3 Å². The smallest absolute Gasteiger partial charge is 0.260 e. The van der Waals surface area contributed by atoms with E-state index in [1.807, 2.05) is 19.1 Å². The topological polar surface area (TPSA) is 73.6 Å². The molecule has 0 bridgehead atoms. The molecule has 106 valence electrons. The molecule has 1 aromatic rings. The maximum atomic E-state index is 11.5. The average molecular weight is 266 g/mol. The zero-order valence-electron chi connectivity index (χ0n) is 11.7. The molecule has 0 aliphatic heterocycles. The molecule has 1 rings (SSSR count). The minimum absolute atomic E-state index is 0.178. The highest BCUT2D eigenvalue weighted by Gasteiger charge is 2.15. The van der Waals surface area contributed by atoms with Crippen LogP contribution in [0.4, 0.5) is 0 Å². The molecule has 0 spiro atoms. The van der Waals surface area contributed by atoms with E-state index in [0.29, 0.717) is 18.9 Å². The monoisotopic (exact) mass is 266 g/mol. The molecule has 1 aromatic carbocycles. The molecule has 0 aliphatic rings. The third-order valence-corrected chi connectivity index (χ3v) is 2.65. The molecule has 0 aromatic heterocycles. The van der Waals surface area contributed by atoms with E-state index in [1.165, 1.54) is 0 Å². The zero-order valence-corrected chi connectivity index (χ0v) is 11.7. The summed E-state index contributed by atoms with van der Waals surface area (Å²) in [6.45, 7) is 4.73. The first-order valence-corrected chi connectivity index (χ1v) is 6.46. The van der Waals surface area contributed by atoms with Gasteiger partial charge in [-0.1, -0.05) is 13.0 Å². The number of hydrogen-bond donors (Lipinski definition) is 2. The van der Waals surface area contributed by atoms with Gasteiger partial charge >= 0.3 is 0 Å². The van der Waals surface area contributed by atoms with Crippen LogP contribution in [-0.2, 0) is 11.3 Å². The molecule has 0 saturated heterocycles. The summed E-state index contributed by atoms with van der Waals surface area (Å²) in [6, 6.07) is 5.49. The molecule has 5 heteroatoms. The van der Waals surface area contributed by atoms with Crippen LogP contribution in [0.3, 0.4) is 0 Å². The fourth-order valence-electron chi connectivity index (χ4n) is 1.57. The minimum atomic E-state index is -0.572. The summed E-state index contributed by atoms with van der Waals surface area (Å²) in [5, 5.41) is 2.54. The van der Waals surface area contributed by atoms with Crippen LogP contribution < -0.4 is 20.5 Å². The second kappa shape index (κ2) is 7.63. The van der Waals surface area contributed by atoms with Crippen LogP contribution in [-0.4, -0.2) is 25.7 Å². The largest absolute Gasteiger partial charge is 0.493 e. The molecular formula is C14H22N2O3. The Labute approximate surface area is 114 Å². The van der Waals surface area contributed by atoms with Gasteiger partial charge < -0.3 is 20.5 Å². The number of rotatable bonds is 7. The van der Waals surface area contributed by atoms with E-state index in [-0.39, 0.29) is 5.91 Å². The Hall–Kier alpha value is -1.75. The Morgan fingerprint density at radius 3 is 2.79 bits per heavy atom. The number of hydrogen-bond acceptors (Lipinski definition) is 4. The molecule has 1 unspecified atom stereocenters.